The van der Waals surface area contributed by atoms with E-state index in [4.69, 9.17) is 28.6 Å². The minimum atomic E-state index is -0.339. The van der Waals surface area contributed by atoms with Gasteiger partial charge in [0.25, 0.3) is 0 Å². The Morgan fingerprint density at radius 2 is 1.52 bits per heavy atom. The van der Waals surface area contributed by atoms with Gasteiger partial charge in [0.05, 0.1) is 0 Å². The van der Waals surface area contributed by atoms with Crippen LogP contribution in [0.2, 0.25) is 10.0 Å². The number of urea groups is 1. The van der Waals surface area contributed by atoms with E-state index in [2.05, 4.69) is 5.32 Å². The molecule has 2 aromatic rings. The summed E-state index contributed by atoms with van der Waals surface area (Å²) in [6.45, 7) is 1.01. The minimum Gasteiger partial charge on any atom is -0.311 e. The fraction of sp³-hybridized carbons (Fsp3) is 0.125. The number of carbonyl (C=O) groups is 1. The van der Waals surface area contributed by atoms with Crippen LogP contribution in [0.4, 0.5) is 16.2 Å². The smallest absolute Gasteiger partial charge is 0.311 e. The Morgan fingerprint density at radius 1 is 0.957 bits per heavy atom. The van der Waals surface area contributed by atoms with Crippen LogP contribution in [0.15, 0.2) is 48.5 Å². The zero-order valence-corrected chi connectivity index (χ0v) is 13.6. The van der Waals surface area contributed by atoms with Gasteiger partial charge >= 0.3 is 6.03 Å². The maximum absolute atomic E-state index is 12.3. The van der Waals surface area contributed by atoms with Gasteiger partial charge in [-0.2, -0.15) is 0 Å². The van der Waals surface area contributed by atoms with Crippen molar-refractivity contribution in [2.45, 2.75) is 0 Å². The predicted octanol–water partition coefficient (Wildman–Crippen LogP) is 4.28. The monoisotopic (exact) mass is 348 g/mol. The molecule has 1 aliphatic rings. The van der Waals surface area contributed by atoms with Gasteiger partial charge in [0.15, 0.2) is 0 Å². The van der Waals surface area contributed by atoms with E-state index in [0.29, 0.717) is 28.8 Å². The molecule has 0 unspecified atom stereocenters. The van der Waals surface area contributed by atoms with Crippen LogP contribution < -0.4 is 10.2 Å². The number of nitrogens with one attached hydrogen (secondary N) is 2. The molecule has 1 heterocycles. The lowest BCUT2D eigenvalue weighted by Gasteiger charge is -2.21. The zero-order chi connectivity index (χ0) is 16.4. The minimum absolute atomic E-state index is 0.138. The molecular weight excluding hydrogens is 335 g/mol. The fourth-order valence-corrected chi connectivity index (χ4v) is 2.60. The Morgan fingerprint density at radius 3 is 2.13 bits per heavy atom. The molecule has 0 saturated carbocycles. The highest BCUT2D eigenvalue weighted by molar-refractivity contribution is 6.31. The van der Waals surface area contributed by atoms with E-state index in [1.165, 1.54) is 4.90 Å². The third-order valence-electron chi connectivity index (χ3n) is 3.54. The zero-order valence-electron chi connectivity index (χ0n) is 12.1. The molecule has 1 saturated heterocycles. The molecule has 0 atom stereocenters. The first-order chi connectivity index (χ1) is 11.0. The van der Waals surface area contributed by atoms with E-state index in [-0.39, 0.29) is 12.0 Å². The highest BCUT2D eigenvalue weighted by atomic mass is 35.5. The van der Waals surface area contributed by atoms with Crippen molar-refractivity contribution in [2.75, 3.05) is 23.3 Å². The van der Waals surface area contributed by atoms with Gasteiger partial charge in [-0.15, -0.1) is 0 Å². The molecule has 2 amide bonds. The van der Waals surface area contributed by atoms with Crippen LogP contribution in [0.1, 0.15) is 0 Å². The molecular formula is C16H14Cl2N4O. The number of nitrogens with zero attached hydrogens (tertiary/aromatic N) is 2. The van der Waals surface area contributed by atoms with Crippen molar-refractivity contribution < 1.29 is 4.79 Å². The number of amides is 2. The van der Waals surface area contributed by atoms with Crippen molar-refractivity contribution in [1.82, 2.24) is 4.90 Å². The number of rotatable bonds is 2. The molecule has 0 spiro atoms. The third kappa shape index (κ3) is 3.41. The molecule has 0 aromatic heterocycles. The van der Waals surface area contributed by atoms with Crippen molar-refractivity contribution in [3.05, 3.63) is 58.6 Å². The molecule has 0 bridgehead atoms. The second kappa shape index (κ2) is 6.48. The lowest BCUT2D eigenvalue weighted by atomic mass is 10.3. The van der Waals surface area contributed by atoms with Crippen molar-refractivity contribution in [1.29, 1.82) is 5.41 Å². The van der Waals surface area contributed by atoms with Gasteiger partial charge in [-0.25, -0.2) is 4.79 Å². The molecule has 2 aromatic carbocycles. The molecule has 0 radical (unpaired) electrons. The lowest BCUT2D eigenvalue weighted by molar-refractivity contribution is 0.236. The Labute approximate surface area is 143 Å². The van der Waals surface area contributed by atoms with Gasteiger partial charge < -0.3 is 10.2 Å². The maximum atomic E-state index is 12.3. The molecule has 5 nitrogen and oxygen atoms in total. The average molecular weight is 349 g/mol. The van der Waals surface area contributed by atoms with Crippen LogP contribution in [-0.4, -0.2) is 30.0 Å². The molecule has 1 aliphatic heterocycles. The number of guanidine groups is 1. The summed E-state index contributed by atoms with van der Waals surface area (Å²) in [5, 5.41) is 12.2. The second-order valence-electron chi connectivity index (χ2n) is 5.04. The summed E-state index contributed by atoms with van der Waals surface area (Å²) in [7, 11) is 0. The van der Waals surface area contributed by atoms with E-state index in [9.17, 15) is 4.79 Å². The standard InChI is InChI=1S/C16H14Cl2N4O/c17-11-1-5-13(6-2-11)20-16(23)22-10-9-21(15(22)19)14-7-3-12(18)4-8-14/h1-8,19H,9-10H2,(H,20,23). The van der Waals surface area contributed by atoms with E-state index in [1.807, 2.05) is 12.1 Å². The first kappa shape index (κ1) is 15.6. The maximum Gasteiger partial charge on any atom is 0.328 e. The molecule has 23 heavy (non-hydrogen) atoms. The summed E-state index contributed by atoms with van der Waals surface area (Å²) in [6.07, 6.45) is 0. The van der Waals surface area contributed by atoms with Gasteiger partial charge in [0.2, 0.25) is 5.96 Å². The van der Waals surface area contributed by atoms with Crippen molar-refractivity contribution in [3.8, 4) is 0 Å². The second-order valence-corrected chi connectivity index (χ2v) is 5.91. The molecule has 118 valence electrons. The normalized spacial score (nSPS) is 14.3. The van der Waals surface area contributed by atoms with Crippen LogP contribution >= 0.6 is 23.2 Å². The number of hydrogen-bond donors (Lipinski definition) is 2. The quantitative estimate of drug-likeness (QED) is 0.850. The first-order valence-electron chi connectivity index (χ1n) is 7.00. The number of benzene rings is 2. The molecule has 2 N–H and O–H groups in total. The Bertz CT molecular complexity index is 731. The number of anilines is 2. The molecule has 1 fully saturated rings. The third-order valence-corrected chi connectivity index (χ3v) is 4.04. The van der Waals surface area contributed by atoms with Crippen molar-refractivity contribution in [3.63, 3.8) is 0 Å². The SMILES string of the molecule is N=C1N(C(=O)Nc2ccc(Cl)cc2)CCN1c1ccc(Cl)cc1. The van der Waals surface area contributed by atoms with E-state index < -0.39 is 0 Å². The number of hydrogen-bond acceptors (Lipinski definition) is 2. The van der Waals surface area contributed by atoms with Gasteiger partial charge in [-0.3, -0.25) is 10.3 Å². The summed E-state index contributed by atoms with van der Waals surface area (Å²) in [5.74, 6) is 0.138. The predicted molar refractivity (Wildman–Crippen MR) is 93.7 cm³/mol. The van der Waals surface area contributed by atoms with Crippen molar-refractivity contribution in [2.24, 2.45) is 0 Å². The topological polar surface area (TPSA) is 59.4 Å². The van der Waals surface area contributed by atoms with Gasteiger partial charge in [0, 0.05) is 34.5 Å². The van der Waals surface area contributed by atoms with Crippen LogP contribution in [0.3, 0.4) is 0 Å². The summed E-state index contributed by atoms with van der Waals surface area (Å²) < 4.78 is 0. The summed E-state index contributed by atoms with van der Waals surface area (Å²) >= 11 is 11.7. The highest BCUT2D eigenvalue weighted by Crippen LogP contribution is 2.22. The molecule has 3 rings (SSSR count). The Hall–Kier alpha value is -2.24. The van der Waals surface area contributed by atoms with Crippen LogP contribution in [0, 0.1) is 5.41 Å². The van der Waals surface area contributed by atoms with Crippen LogP contribution in [0.25, 0.3) is 0 Å². The average Bonchev–Trinajstić information content (AvgIpc) is 2.92. The largest absolute Gasteiger partial charge is 0.328 e. The van der Waals surface area contributed by atoms with E-state index in [1.54, 1.807) is 41.3 Å². The molecule has 7 heteroatoms. The Kier molecular flexibility index (Phi) is 4.41. The van der Waals surface area contributed by atoms with Gasteiger partial charge in [-0.1, -0.05) is 23.2 Å². The summed E-state index contributed by atoms with van der Waals surface area (Å²) in [4.78, 5) is 15.5. The van der Waals surface area contributed by atoms with Gasteiger partial charge in [0.1, 0.15) is 0 Å². The molecule has 0 aliphatic carbocycles. The van der Waals surface area contributed by atoms with Crippen molar-refractivity contribution >= 4 is 46.6 Å². The van der Waals surface area contributed by atoms with E-state index >= 15 is 0 Å². The van der Waals surface area contributed by atoms with E-state index in [0.717, 1.165) is 5.69 Å². The summed E-state index contributed by atoms with van der Waals surface area (Å²) in [5.41, 5.74) is 1.47. The summed E-state index contributed by atoms with van der Waals surface area (Å²) in [6, 6.07) is 13.7. The first-order valence-corrected chi connectivity index (χ1v) is 7.76. The highest BCUT2D eigenvalue weighted by Gasteiger charge is 2.30. The Balaban J connectivity index is 1.69. The van der Waals surface area contributed by atoms with Crippen LogP contribution in [-0.2, 0) is 0 Å². The number of carbonyl (C=O) groups excluding carboxylic acids is 1. The van der Waals surface area contributed by atoms with Crippen LogP contribution in [0.5, 0.6) is 0 Å². The fourth-order valence-electron chi connectivity index (χ4n) is 2.35. The number of halogens is 2. The lowest BCUT2D eigenvalue weighted by Crippen LogP contribution is -2.39. The van der Waals surface area contributed by atoms with Gasteiger partial charge in [-0.05, 0) is 48.5 Å².